The lowest BCUT2D eigenvalue weighted by atomic mass is 10.1. The lowest BCUT2D eigenvalue weighted by Crippen LogP contribution is -2.24. The number of halogens is 1. The zero-order valence-corrected chi connectivity index (χ0v) is 17.1. The third kappa shape index (κ3) is 4.33. The molecule has 0 aliphatic carbocycles. The van der Waals surface area contributed by atoms with Gasteiger partial charge in [0.15, 0.2) is 0 Å². The van der Waals surface area contributed by atoms with Crippen LogP contribution in [0.4, 0.5) is 0 Å². The van der Waals surface area contributed by atoms with Gasteiger partial charge in [-0.05, 0) is 84.6 Å². The molecule has 0 amide bonds. The third-order valence-corrected chi connectivity index (χ3v) is 4.55. The van der Waals surface area contributed by atoms with Crippen molar-refractivity contribution in [1.82, 2.24) is 4.57 Å². The molecule has 1 heterocycles. The highest BCUT2D eigenvalue weighted by atomic mass is 127. The molecule has 0 saturated heterocycles. The molecular formula is C21H20INO3. The molecule has 4 nitrogen and oxygen atoms in total. The molecule has 0 radical (unpaired) electrons. The Morgan fingerprint density at radius 1 is 1.08 bits per heavy atom. The Morgan fingerprint density at radius 2 is 1.77 bits per heavy atom. The van der Waals surface area contributed by atoms with Crippen molar-refractivity contribution in [3.8, 4) is 0 Å². The topological polar surface area (TPSA) is 48.3 Å². The van der Waals surface area contributed by atoms with Gasteiger partial charge in [0.25, 0.3) is 5.56 Å². The first-order valence-electron chi connectivity index (χ1n) is 8.34. The van der Waals surface area contributed by atoms with E-state index in [1.807, 2.05) is 57.2 Å². The van der Waals surface area contributed by atoms with Crippen LogP contribution >= 0.6 is 22.6 Å². The van der Waals surface area contributed by atoms with Crippen LogP contribution in [0.3, 0.4) is 0 Å². The molecule has 134 valence electrons. The van der Waals surface area contributed by atoms with Crippen molar-refractivity contribution < 1.29 is 9.53 Å². The monoisotopic (exact) mass is 461 g/mol. The standard InChI is InChI=1S/C21H20INO3/c1-21(2,3)26-20(25)16-6-4-14(5-7-16)13-23-11-10-15-8-9-17(22)12-18(15)19(23)24/h4-12H,13H2,1-3H3. The summed E-state index contributed by atoms with van der Waals surface area (Å²) < 4.78 is 8.08. The van der Waals surface area contributed by atoms with Gasteiger partial charge in [-0.15, -0.1) is 0 Å². The summed E-state index contributed by atoms with van der Waals surface area (Å²) in [5.74, 6) is -0.346. The average Bonchev–Trinajstić information content (AvgIpc) is 2.57. The highest BCUT2D eigenvalue weighted by Gasteiger charge is 2.17. The van der Waals surface area contributed by atoms with Crippen LogP contribution in [-0.2, 0) is 11.3 Å². The molecule has 1 aromatic heterocycles. The molecule has 0 atom stereocenters. The summed E-state index contributed by atoms with van der Waals surface area (Å²) in [6.45, 7) is 5.97. The van der Waals surface area contributed by atoms with E-state index in [1.54, 1.807) is 22.9 Å². The van der Waals surface area contributed by atoms with Crippen LogP contribution in [-0.4, -0.2) is 16.1 Å². The second kappa shape index (κ2) is 7.23. The highest BCUT2D eigenvalue weighted by molar-refractivity contribution is 14.1. The molecule has 0 unspecified atom stereocenters. The van der Waals surface area contributed by atoms with Gasteiger partial charge in [0, 0.05) is 15.2 Å². The Morgan fingerprint density at radius 3 is 2.42 bits per heavy atom. The number of esters is 1. The largest absolute Gasteiger partial charge is 0.456 e. The molecule has 26 heavy (non-hydrogen) atoms. The van der Waals surface area contributed by atoms with Crippen molar-refractivity contribution in [3.05, 3.63) is 79.8 Å². The van der Waals surface area contributed by atoms with Crippen LogP contribution in [0.25, 0.3) is 10.8 Å². The van der Waals surface area contributed by atoms with Crippen LogP contribution < -0.4 is 5.56 Å². The Labute approximate surface area is 165 Å². The first kappa shape index (κ1) is 18.6. The van der Waals surface area contributed by atoms with Crippen molar-refractivity contribution in [1.29, 1.82) is 0 Å². The van der Waals surface area contributed by atoms with E-state index in [0.717, 1.165) is 14.5 Å². The summed E-state index contributed by atoms with van der Waals surface area (Å²) in [6, 6.07) is 15.0. The van der Waals surface area contributed by atoms with Gasteiger partial charge in [-0.1, -0.05) is 18.2 Å². The van der Waals surface area contributed by atoms with Gasteiger partial charge < -0.3 is 9.30 Å². The first-order valence-corrected chi connectivity index (χ1v) is 9.42. The number of pyridine rings is 1. The molecule has 0 N–H and O–H groups in total. The summed E-state index contributed by atoms with van der Waals surface area (Å²) in [5.41, 5.74) is 0.914. The minimum absolute atomic E-state index is 0.0164. The van der Waals surface area contributed by atoms with Crippen LogP contribution in [0.2, 0.25) is 0 Å². The van der Waals surface area contributed by atoms with Crippen molar-refractivity contribution in [2.75, 3.05) is 0 Å². The molecule has 5 heteroatoms. The van der Waals surface area contributed by atoms with E-state index < -0.39 is 5.60 Å². The SMILES string of the molecule is CC(C)(C)OC(=O)c1ccc(Cn2ccc3ccc(I)cc3c2=O)cc1. The van der Waals surface area contributed by atoms with Crippen LogP contribution in [0.1, 0.15) is 36.7 Å². The molecule has 2 aromatic carbocycles. The van der Waals surface area contributed by atoms with E-state index in [0.29, 0.717) is 17.5 Å². The summed E-state index contributed by atoms with van der Waals surface area (Å²) in [6.07, 6.45) is 1.80. The van der Waals surface area contributed by atoms with Crippen molar-refractivity contribution >= 4 is 39.3 Å². The molecule has 0 spiro atoms. The van der Waals surface area contributed by atoms with E-state index in [-0.39, 0.29) is 11.5 Å². The van der Waals surface area contributed by atoms with Crippen molar-refractivity contribution in [2.24, 2.45) is 0 Å². The fourth-order valence-electron chi connectivity index (χ4n) is 2.66. The Kier molecular flexibility index (Phi) is 5.18. The number of hydrogen-bond donors (Lipinski definition) is 0. The van der Waals surface area contributed by atoms with Crippen LogP contribution in [0.15, 0.2) is 59.5 Å². The number of carbonyl (C=O) groups excluding carboxylic acids is 1. The number of rotatable bonds is 3. The Hall–Kier alpha value is -2.15. The van der Waals surface area contributed by atoms with Crippen molar-refractivity contribution in [3.63, 3.8) is 0 Å². The zero-order valence-electron chi connectivity index (χ0n) is 15.0. The number of aromatic nitrogens is 1. The molecule has 0 fully saturated rings. The number of carbonyl (C=O) groups is 1. The van der Waals surface area contributed by atoms with E-state index in [1.165, 1.54) is 0 Å². The fourth-order valence-corrected chi connectivity index (χ4v) is 3.15. The molecule has 0 saturated carbocycles. The number of benzene rings is 2. The predicted octanol–water partition coefficient (Wildman–Crippen LogP) is 4.61. The molecule has 0 bridgehead atoms. The van der Waals surface area contributed by atoms with Gasteiger partial charge in [0.1, 0.15) is 5.60 Å². The first-order chi connectivity index (χ1) is 12.2. The number of nitrogens with zero attached hydrogens (tertiary/aromatic N) is 1. The Balaban J connectivity index is 1.83. The molecule has 3 aromatic rings. The second-order valence-electron chi connectivity index (χ2n) is 7.18. The zero-order chi connectivity index (χ0) is 18.9. The summed E-state index contributed by atoms with van der Waals surface area (Å²) in [7, 11) is 0. The maximum atomic E-state index is 12.7. The summed E-state index contributed by atoms with van der Waals surface area (Å²) in [5, 5.41) is 1.65. The van der Waals surface area contributed by atoms with E-state index in [9.17, 15) is 9.59 Å². The number of ether oxygens (including phenoxy) is 1. The van der Waals surface area contributed by atoms with Crippen LogP contribution in [0.5, 0.6) is 0 Å². The van der Waals surface area contributed by atoms with Gasteiger partial charge in [0.2, 0.25) is 0 Å². The average molecular weight is 461 g/mol. The van der Waals surface area contributed by atoms with Gasteiger partial charge in [-0.25, -0.2) is 4.79 Å². The van der Waals surface area contributed by atoms with Gasteiger partial charge in [-0.2, -0.15) is 0 Å². The summed E-state index contributed by atoms with van der Waals surface area (Å²) >= 11 is 2.21. The van der Waals surface area contributed by atoms with Crippen molar-refractivity contribution in [2.45, 2.75) is 32.9 Å². The van der Waals surface area contributed by atoms with Gasteiger partial charge in [0.05, 0.1) is 12.1 Å². The minimum Gasteiger partial charge on any atom is -0.456 e. The van der Waals surface area contributed by atoms with E-state index in [2.05, 4.69) is 22.6 Å². The number of hydrogen-bond acceptors (Lipinski definition) is 3. The molecule has 0 aliphatic rings. The Bertz CT molecular complexity index is 1010. The quantitative estimate of drug-likeness (QED) is 0.423. The third-order valence-electron chi connectivity index (χ3n) is 3.88. The normalized spacial score (nSPS) is 11.5. The maximum absolute atomic E-state index is 12.7. The molecular weight excluding hydrogens is 441 g/mol. The molecule has 0 aliphatic heterocycles. The fraction of sp³-hybridized carbons (Fsp3) is 0.238. The minimum atomic E-state index is -0.522. The summed E-state index contributed by atoms with van der Waals surface area (Å²) in [4.78, 5) is 24.8. The van der Waals surface area contributed by atoms with E-state index >= 15 is 0 Å². The maximum Gasteiger partial charge on any atom is 0.338 e. The lowest BCUT2D eigenvalue weighted by molar-refractivity contribution is 0.00695. The predicted molar refractivity (Wildman–Crippen MR) is 112 cm³/mol. The second-order valence-corrected chi connectivity index (χ2v) is 8.42. The molecule has 3 rings (SSSR count). The van der Waals surface area contributed by atoms with E-state index in [4.69, 9.17) is 4.74 Å². The number of fused-ring (bicyclic) bond motifs is 1. The lowest BCUT2D eigenvalue weighted by Gasteiger charge is -2.19. The van der Waals surface area contributed by atoms with Gasteiger partial charge in [-0.3, -0.25) is 4.79 Å². The van der Waals surface area contributed by atoms with Gasteiger partial charge >= 0.3 is 5.97 Å². The smallest absolute Gasteiger partial charge is 0.338 e. The highest BCUT2D eigenvalue weighted by Crippen LogP contribution is 2.15. The van der Waals surface area contributed by atoms with Crippen LogP contribution in [0, 0.1) is 3.57 Å².